The second kappa shape index (κ2) is 8.75. The SMILES string of the molecule is COc1ccc(OC(C)c2nnc(SCc3ccccc3[N+](=O)[O-])n2C)cc1. The van der Waals surface area contributed by atoms with Gasteiger partial charge in [0, 0.05) is 24.4 Å². The van der Waals surface area contributed by atoms with Crippen LogP contribution in [0.5, 0.6) is 11.5 Å². The van der Waals surface area contributed by atoms with E-state index in [2.05, 4.69) is 10.2 Å². The number of ether oxygens (including phenoxy) is 2. The van der Waals surface area contributed by atoms with E-state index in [0.29, 0.717) is 28.0 Å². The van der Waals surface area contributed by atoms with Crippen LogP contribution >= 0.6 is 11.8 Å². The number of nitrogens with zero attached hydrogens (tertiary/aromatic N) is 4. The van der Waals surface area contributed by atoms with E-state index in [1.807, 2.05) is 42.8 Å². The van der Waals surface area contributed by atoms with E-state index in [0.717, 1.165) is 5.75 Å². The van der Waals surface area contributed by atoms with E-state index in [-0.39, 0.29) is 16.7 Å². The first-order chi connectivity index (χ1) is 13.5. The Balaban J connectivity index is 1.68. The van der Waals surface area contributed by atoms with Crippen LogP contribution in [0.1, 0.15) is 24.4 Å². The number of hydrogen-bond acceptors (Lipinski definition) is 7. The Morgan fingerprint density at radius 3 is 2.50 bits per heavy atom. The third kappa shape index (κ3) is 4.42. The third-order valence-electron chi connectivity index (χ3n) is 4.15. The number of nitro benzene ring substituents is 1. The average Bonchev–Trinajstić information content (AvgIpc) is 3.07. The first kappa shape index (κ1) is 19.7. The summed E-state index contributed by atoms with van der Waals surface area (Å²) >= 11 is 1.39. The maximum absolute atomic E-state index is 11.1. The van der Waals surface area contributed by atoms with E-state index in [4.69, 9.17) is 9.47 Å². The molecule has 2 aromatic carbocycles. The molecule has 0 fully saturated rings. The molecule has 0 aliphatic heterocycles. The highest BCUT2D eigenvalue weighted by atomic mass is 32.2. The Morgan fingerprint density at radius 2 is 1.82 bits per heavy atom. The lowest BCUT2D eigenvalue weighted by Gasteiger charge is -2.14. The van der Waals surface area contributed by atoms with Crippen molar-refractivity contribution in [2.75, 3.05) is 7.11 Å². The summed E-state index contributed by atoms with van der Waals surface area (Å²) < 4.78 is 12.9. The topological polar surface area (TPSA) is 92.3 Å². The number of para-hydroxylation sites is 1. The molecule has 1 aromatic heterocycles. The van der Waals surface area contributed by atoms with Crippen molar-refractivity contribution >= 4 is 17.4 Å². The van der Waals surface area contributed by atoms with Crippen molar-refractivity contribution in [1.29, 1.82) is 0 Å². The number of methoxy groups -OCH3 is 1. The summed E-state index contributed by atoms with van der Waals surface area (Å²) in [6, 6.07) is 14.0. The molecule has 146 valence electrons. The molecule has 0 amide bonds. The summed E-state index contributed by atoms with van der Waals surface area (Å²) in [6.45, 7) is 1.89. The molecule has 0 saturated carbocycles. The Labute approximate surface area is 166 Å². The third-order valence-corrected chi connectivity index (χ3v) is 5.22. The summed E-state index contributed by atoms with van der Waals surface area (Å²) in [7, 11) is 3.46. The largest absolute Gasteiger partial charge is 0.497 e. The van der Waals surface area contributed by atoms with Crippen molar-refractivity contribution in [2.45, 2.75) is 23.9 Å². The number of rotatable bonds is 8. The molecular weight excluding hydrogens is 380 g/mol. The summed E-state index contributed by atoms with van der Waals surface area (Å²) in [5.74, 6) is 2.55. The highest BCUT2D eigenvalue weighted by Crippen LogP contribution is 2.29. The van der Waals surface area contributed by atoms with Crippen LogP contribution in [0.4, 0.5) is 5.69 Å². The van der Waals surface area contributed by atoms with Crippen molar-refractivity contribution in [3.8, 4) is 11.5 Å². The molecule has 0 bridgehead atoms. The van der Waals surface area contributed by atoms with Crippen molar-refractivity contribution in [3.05, 3.63) is 70.0 Å². The fraction of sp³-hybridized carbons (Fsp3) is 0.263. The standard InChI is InChI=1S/C19H20N4O4S/c1-13(27-16-10-8-15(26-3)9-11-16)18-20-21-19(22(18)2)28-12-14-6-4-5-7-17(14)23(24)25/h4-11,13H,12H2,1-3H3. The van der Waals surface area contributed by atoms with Crippen molar-refractivity contribution in [2.24, 2.45) is 7.05 Å². The molecule has 3 aromatic rings. The molecule has 0 radical (unpaired) electrons. The molecule has 1 atom stereocenters. The minimum Gasteiger partial charge on any atom is -0.497 e. The minimum atomic E-state index is -0.372. The van der Waals surface area contributed by atoms with Gasteiger partial charge in [-0.15, -0.1) is 10.2 Å². The Bertz CT molecular complexity index is 959. The number of hydrogen-bond donors (Lipinski definition) is 0. The molecule has 9 heteroatoms. The van der Waals surface area contributed by atoms with E-state index < -0.39 is 0 Å². The minimum absolute atomic E-state index is 0.105. The van der Waals surface area contributed by atoms with Crippen molar-refractivity contribution in [1.82, 2.24) is 14.8 Å². The molecule has 1 heterocycles. The van der Waals surface area contributed by atoms with Crippen LogP contribution in [0.3, 0.4) is 0 Å². The van der Waals surface area contributed by atoms with Crippen molar-refractivity contribution in [3.63, 3.8) is 0 Å². The number of benzene rings is 2. The zero-order valence-electron chi connectivity index (χ0n) is 15.7. The van der Waals surface area contributed by atoms with Gasteiger partial charge in [0.25, 0.3) is 5.69 Å². The Morgan fingerprint density at radius 1 is 1.14 bits per heavy atom. The maximum atomic E-state index is 11.1. The quantitative estimate of drug-likeness (QED) is 0.318. The van der Waals surface area contributed by atoms with Gasteiger partial charge in [-0.05, 0) is 31.2 Å². The lowest BCUT2D eigenvalue weighted by molar-refractivity contribution is -0.385. The Kier molecular flexibility index (Phi) is 6.15. The fourth-order valence-corrected chi connectivity index (χ4v) is 3.58. The first-order valence-electron chi connectivity index (χ1n) is 8.54. The average molecular weight is 400 g/mol. The van der Waals surface area contributed by atoms with Gasteiger partial charge in [0.2, 0.25) is 0 Å². The van der Waals surface area contributed by atoms with Crippen molar-refractivity contribution < 1.29 is 14.4 Å². The second-order valence-electron chi connectivity index (χ2n) is 6.01. The Hall–Kier alpha value is -3.07. The molecular formula is C19H20N4O4S. The predicted molar refractivity (Wildman–Crippen MR) is 106 cm³/mol. The van der Waals surface area contributed by atoms with Gasteiger partial charge in [-0.1, -0.05) is 30.0 Å². The van der Waals surface area contributed by atoms with Gasteiger partial charge in [-0.3, -0.25) is 10.1 Å². The fourth-order valence-electron chi connectivity index (χ4n) is 2.67. The molecule has 0 aliphatic rings. The van der Waals surface area contributed by atoms with E-state index >= 15 is 0 Å². The van der Waals surface area contributed by atoms with Crippen LogP contribution in [0, 0.1) is 10.1 Å². The summed E-state index contributed by atoms with van der Waals surface area (Å²) in [5, 5.41) is 20.2. The zero-order chi connectivity index (χ0) is 20.1. The molecule has 3 rings (SSSR count). The van der Waals surface area contributed by atoms with Gasteiger partial charge in [0.15, 0.2) is 17.1 Å². The molecule has 0 saturated heterocycles. The number of aromatic nitrogens is 3. The zero-order valence-corrected chi connectivity index (χ0v) is 16.5. The summed E-state index contributed by atoms with van der Waals surface area (Å²) in [5.41, 5.74) is 0.748. The second-order valence-corrected chi connectivity index (χ2v) is 6.95. The smallest absolute Gasteiger partial charge is 0.273 e. The molecule has 1 unspecified atom stereocenters. The predicted octanol–water partition coefficient (Wildman–Crippen LogP) is 4.16. The van der Waals surface area contributed by atoms with E-state index in [9.17, 15) is 10.1 Å². The highest BCUT2D eigenvalue weighted by Gasteiger charge is 2.19. The van der Waals surface area contributed by atoms with Crippen LogP contribution < -0.4 is 9.47 Å². The van der Waals surface area contributed by atoms with E-state index in [1.54, 1.807) is 25.3 Å². The lowest BCUT2D eigenvalue weighted by Crippen LogP contribution is -2.10. The summed E-state index contributed by atoms with van der Waals surface area (Å²) in [6.07, 6.45) is -0.314. The normalized spacial score (nSPS) is 11.8. The molecule has 28 heavy (non-hydrogen) atoms. The van der Waals surface area contributed by atoms with Gasteiger partial charge < -0.3 is 14.0 Å². The van der Waals surface area contributed by atoms with Crippen LogP contribution in [-0.4, -0.2) is 26.8 Å². The molecule has 8 nitrogen and oxygen atoms in total. The van der Waals surface area contributed by atoms with Gasteiger partial charge in [-0.2, -0.15) is 0 Å². The maximum Gasteiger partial charge on any atom is 0.273 e. The molecule has 0 spiro atoms. The lowest BCUT2D eigenvalue weighted by atomic mass is 10.2. The van der Waals surface area contributed by atoms with Crippen LogP contribution in [0.15, 0.2) is 53.7 Å². The van der Waals surface area contributed by atoms with Gasteiger partial charge in [0.1, 0.15) is 11.5 Å². The van der Waals surface area contributed by atoms with E-state index in [1.165, 1.54) is 17.8 Å². The summed E-state index contributed by atoms with van der Waals surface area (Å²) in [4.78, 5) is 10.8. The van der Waals surface area contributed by atoms with Gasteiger partial charge >= 0.3 is 0 Å². The molecule has 0 aliphatic carbocycles. The van der Waals surface area contributed by atoms with Crippen LogP contribution in [-0.2, 0) is 12.8 Å². The van der Waals surface area contributed by atoms with Crippen LogP contribution in [0.2, 0.25) is 0 Å². The van der Waals surface area contributed by atoms with Gasteiger partial charge in [0.05, 0.1) is 12.0 Å². The van der Waals surface area contributed by atoms with Gasteiger partial charge in [-0.25, -0.2) is 0 Å². The number of nitro groups is 1. The highest BCUT2D eigenvalue weighted by molar-refractivity contribution is 7.98. The van der Waals surface area contributed by atoms with Crippen LogP contribution in [0.25, 0.3) is 0 Å². The molecule has 0 N–H and O–H groups in total. The number of thioether (sulfide) groups is 1. The monoisotopic (exact) mass is 400 g/mol. The first-order valence-corrected chi connectivity index (χ1v) is 9.53.